The Morgan fingerprint density at radius 2 is 1.17 bits per heavy atom. The summed E-state index contributed by atoms with van der Waals surface area (Å²) in [7, 11) is 2.49. The number of methoxy groups -OCH3 is 2. The average molecular weight is 383 g/mol. The van der Waals surface area contributed by atoms with Crippen LogP contribution in [0.15, 0.2) is 0 Å². The van der Waals surface area contributed by atoms with Crippen LogP contribution in [0.3, 0.4) is 0 Å². The van der Waals surface area contributed by atoms with E-state index >= 15 is 0 Å². The minimum atomic E-state index is -1.85. The SMILES string of the molecule is CO[C@H](NC(=O)N[C@@H](OC)C(Cl)(Cl)Cl)C(Cl)(Cl)Cl. The van der Waals surface area contributed by atoms with E-state index in [0.29, 0.717) is 0 Å². The second kappa shape index (κ2) is 7.64. The first-order valence-corrected chi connectivity index (χ1v) is 6.55. The van der Waals surface area contributed by atoms with E-state index < -0.39 is 26.1 Å². The van der Waals surface area contributed by atoms with Crippen molar-refractivity contribution in [1.82, 2.24) is 10.6 Å². The lowest BCUT2D eigenvalue weighted by Gasteiger charge is -2.27. The number of hydrogen-bond acceptors (Lipinski definition) is 3. The molecule has 0 radical (unpaired) electrons. The molecule has 2 atom stereocenters. The standard InChI is InChI=1S/C7H10Cl6N2O3/c1-17-3(6(8,9)10)14-5(16)15-4(18-2)7(11,12)13/h3-4H,1-2H3,(H2,14,15,16)/t3-,4-/m0/s1. The molecule has 108 valence electrons. The van der Waals surface area contributed by atoms with E-state index in [1.807, 2.05) is 0 Å². The van der Waals surface area contributed by atoms with Crippen LogP contribution in [0.5, 0.6) is 0 Å². The van der Waals surface area contributed by atoms with Gasteiger partial charge in [0, 0.05) is 14.2 Å². The van der Waals surface area contributed by atoms with Gasteiger partial charge in [0.2, 0.25) is 7.59 Å². The molecule has 0 heterocycles. The third-order valence-electron chi connectivity index (χ3n) is 1.59. The van der Waals surface area contributed by atoms with Gasteiger partial charge in [0.15, 0.2) is 12.5 Å². The van der Waals surface area contributed by atoms with Gasteiger partial charge in [-0.15, -0.1) is 0 Å². The number of rotatable bonds is 4. The Balaban J connectivity index is 4.50. The summed E-state index contributed by atoms with van der Waals surface area (Å²) in [6, 6.07) is -0.800. The molecular weight excluding hydrogens is 373 g/mol. The first-order chi connectivity index (χ1) is 8.02. The number of carbonyl (C=O) groups is 1. The van der Waals surface area contributed by atoms with Crippen LogP contribution in [0, 0.1) is 0 Å². The van der Waals surface area contributed by atoms with E-state index in [2.05, 4.69) is 10.6 Å². The number of alkyl halides is 6. The summed E-state index contributed by atoms with van der Waals surface area (Å²) < 4.78 is 5.85. The van der Waals surface area contributed by atoms with Crippen LogP contribution in [0.1, 0.15) is 0 Å². The van der Waals surface area contributed by atoms with Crippen LogP contribution in [0.25, 0.3) is 0 Å². The van der Waals surface area contributed by atoms with Gasteiger partial charge in [0.1, 0.15) is 0 Å². The molecule has 0 aliphatic carbocycles. The second-order valence-electron chi connectivity index (χ2n) is 2.93. The van der Waals surface area contributed by atoms with E-state index in [4.69, 9.17) is 79.1 Å². The maximum atomic E-state index is 11.5. The molecule has 0 rings (SSSR count). The highest BCUT2D eigenvalue weighted by atomic mass is 35.6. The van der Waals surface area contributed by atoms with E-state index in [0.717, 1.165) is 0 Å². The summed E-state index contributed by atoms with van der Waals surface area (Å²) in [6.07, 6.45) is -2.37. The Morgan fingerprint density at radius 1 is 0.889 bits per heavy atom. The van der Waals surface area contributed by atoms with Crippen LogP contribution < -0.4 is 10.6 Å². The Labute approximate surface area is 134 Å². The highest BCUT2D eigenvalue weighted by Gasteiger charge is 2.37. The first-order valence-electron chi connectivity index (χ1n) is 4.28. The monoisotopic (exact) mass is 380 g/mol. The minimum absolute atomic E-state index is 0.800. The van der Waals surface area contributed by atoms with Gasteiger partial charge in [-0.3, -0.25) is 0 Å². The van der Waals surface area contributed by atoms with Gasteiger partial charge in [-0.25, -0.2) is 4.79 Å². The van der Waals surface area contributed by atoms with Crippen LogP contribution >= 0.6 is 69.6 Å². The lowest BCUT2D eigenvalue weighted by Crippen LogP contribution is -2.54. The first kappa shape index (κ1) is 18.9. The van der Waals surface area contributed by atoms with Crippen molar-refractivity contribution in [3.05, 3.63) is 0 Å². The highest BCUT2D eigenvalue weighted by molar-refractivity contribution is 6.68. The number of halogens is 6. The molecule has 5 nitrogen and oxygen atoms in total. The molecule has 0 aliphatic heterocycles. The molecule has 0 spiro atoms. The topological polar surface area (TPSA) is 59.6 Å². The van der Waals surface area contributed by atoms with Crippen molar-refractivity contribution in [1.29, 1.82) is 0 Å². The van der Waals surface area contributed by atoms with Gasteiger partial charge in [-0.05, 0) is 0 Å². The smallest absolute Gasteiger partial charge is 0.319 e. The Bertz CT molecular complexity index is 253. The van der Waals surface area contributed by atoms with Gasteiger partial charge < -0.3 is 20.1 Å². The van der Waals surface area contributed by atoms with Gasteiger partial charge in [-0.2, -0.15) is 0 Å². The summed E-state index contributed by atoms with van der Waals surface area (Å²) in [6.45, 7) is 0. The maximum Gasteiger partial charge on any atom is 0.319 e. The summed E-state index contributed by atoms with van der Waals surface area (Å²) in [5.41, 5.74) is 0. The lowest BCUT2D eigenvalue weighted by molar-refractivity contribution is 0.0660. The molecule has 0 aromatic rings. The fourth-order valence-corrected chi connectivity index (χ4v) is 1.69. The van der Waals surface area contributed by atoms with Crippen molar-refractivity contribution in [2.75, 3.05) is 14.2 Å². The van der Waals surface area contributed by atoms with Gasteiger partial charge in [0.05, 0.1) is 0 Å². The van der Waals surface area contributed by atoms with E-state index in [1.54, 1.807) is 0 Å². The fraction of sp³-hybridized carbons (Fsp3) is 0.857. The van der Waals surface area contributed by atoms with Crippen molar-refractivity contribution in [3.63, 3.8) is 0 Å². The minimum Gasteiger partial charge on any atom is -0.357 e. The van der Waals surface area contributed by atoms with E-state index in [1.165, 1.54) is 14.2 Å². The van der Waals surface area contributed by atoms with E-state index in [9.17, 15) is 4.79 Å². The number of hydrogen-bond donors (Lipinski definition) is 2. The molecule has 0 saturated carbocycles. The van der Waals surface area contributed by atoms with Crippen LogP contribution in [-0.2, 0) is 9.47 Å². The van der Waals surface area contributed by atoms with Crippen LogP contribution in [0.4, 0.5) is 4.79 Å². The zero-order valence-corrected chi connectivity index (χ0v) is 13.7. The number of urea groups is 1. The molecule has 0 aromatic heterocycles. The van der Waals surface area contributed by atoms with Crippen LogP contribution in [0.2, 0.25) is 0 Å². The predicted octanol–water partition coefficient (Wildman–Crippen LogP) is 2.97. The molecule has 2 amide bonds. The lowest BCUT2D eigenvalue weighted by atomic mass is 10.6. The van der Waals surface area contributed by atoms with Gasteiger partial charge in [-0.1, -0.05) is 69.6 Å². The second-order valence-corrected chi connectivity index (χ2v) is 7.67. The molecule has 18 heavy (non-hydrogen) atoms. The molecule has 0 aromatic carbocycles. The Morgan fingerprint density at radius 3 is 1.33 bits per heavy atom. The van der Waals surface area contributed by atoms with Crippen molar-refractivity contribution in [3.8, 4) is 0 Å². The number of nitrogens with one attached hydrogen (secondary N) is 2. The van der Waals surface area contributed by atoms with Crippen molar-refractivity contribution < 1.29 is 14.3 Å². The summed E-state index contributed by atoms with van der Waals surface area (Å²) in [5, 5.41) is 4.44. The molecule has 0 saturated heterocycles. The Hall–Kier alpha value is 0.930. The Kier molecular flexibility index (Phi) is 8.04. The molecule has 11 heteroatoms. The highest BCUT2D eigenvalue weighted by Crippen LogP contribution is 2.31. The average Bonchev–Trinajstić information content (AvgIpc) is 2.19. The maximum absolute atomic E-state index is 11.5. The normalized spacial score (nSPS) is 16.0. The molecule has 0 aliphatic rings. The molecule has 0 unspecified atom stereocenters. The fourth-order valence-electron chi connectivity index (χ4n) is 0.829. The number of amides is 2. The predicted molar refractivity (Wildman–Crippen MR) is 73.8 cm³/mol. The molecule has 0 bridgehead atoms. The van der Waals surface area contributed by atoms with Crippen molar-refractivity contribution in [2.45, 2.75) is 20.0 Å². The van der Waals surface area contributed by atoms with Crippen molar-refractivity contribution in [2.24, 2.45) is 0 Å². The zero-order valence-electron chi connectivity index (χ0n) is 9.15. The third kappa shape index (κ3) is 6.91. The zero-order chi connectivity index (χ0) is 14.6. The molecule has 0 fully saturated rings. The van der Waals surface area contributed by atoms with Crippen molar-refractivity contribution >= 4 is 75.6 Å². The number of carbonyl (C=O) groups excluding carboxylic acids is 1. The van der Waals surface area contributed by atoms with Gasteiger partial charge in [0.25, 0.3) is 0 Å². The summed E-state index contributed by atoms with van der Waals surface area (Å²) in [4.78, 5) is 11.5. The third-order valence-corrected chi connectivity index (χ3v) is 2.78. The number of ether oxygens (including phenoxy) is 2. The quantitative estimate of drug-likeness (QED) is 0.580. The summed E-state index contributed by atoms with van der Waals surface area (Å²) >= 11 is 33.3. The van der Waals surface area contributed by atoms with Gasteiger partial charge >= 0.3 is 6.03 Å². The largest absolute Gasteiger partial charge is 0.357 e. The summed E-state index contributed by atoms with van der Waals surface area (Å²) in [5.74, 6) is 0. The van der Waals surface area contributed by atoms with Crippen LogP contribution in [-0.4, -0.2) is 40.3 Å². The molecule has 2 N–H and O–H groups in total. The molecular formula is C7H10Cl6N2O3. The van der Waals surface area contributed by atoms with E-state index in [-0.39, 0.29) is 0 Å².